The lowest BCUT2D eigenvalue weighted by Gasteiger charge is -2.34. The van der Waals surface area contributed by atoms with Gasteiger partial charge in [-0.15, -0.1) is 0 Å². The highest BCUT2D eigenvalue weighted by Crippen LogP contribution is 2.24. The summed E-state index contributed by atoms with van der Waals surface area (Å²) in [6, 6.07) is 6.71. The first-order valence-electron chi connectivity index (χ1n) is 10.8. The van der Waals surface area contributed by atoms with Crippen molar-refractivity contribution in [1.29, 1.82) is 0 Å². The normalized spacial score (nSPS) is 21.5. The van der Waals surface area contributed by atoms with Gasteiger partial charge in [0.25, 0.3) is 5.91 Å². The third kappa shape index (κ3) is 6.43. The zero-order valence-corrected chi connectivity index (χ0v) is 18.5. The molecule has 0 aromatic heterocycles. The first kappa shape index (κ1) is 23.1. The fourth-order valence-corrected chi connectivity index (χ4v) is 3.67. The lowest BCUT2D eigenvalue weighted by molar-refractivity contribution is -0.154. The number of nitrogens with one attached hydrogen (secondary N) is 1. The average Bonchev–Trinajstić information content (AvgIpc) is 3.25. The molecule has 2 fully saturated rings. The summed E-state index contributed by atoms with van der Waals surface area (Å²) in [6.07, 6.45) is 1.54. The molecule has 2 amide bonds. The fourth-order valence-electron chi connectivity index (χ4n) is 3.67. The highest BCUT2D eigenvalue weighted by molar-refractivity contribution is 5.92. The molecule has 170 valence electrons. The van der Waals surface area contributed by atoms with Gasteiger partial charge in [0.05, 0.1) is 12.5 Å². The lowest BCUT2D eigenvalue weighted by Crippen LogP contribution is -2.58. The number of hydrogen-bond acceptors (Lipinski definition) is 6. The Morgan fingerprint density at radius 3 is 2.61 bits per heavy atom. The number of benzene rings is 1. The van der Waals surface area contributed by atoms with Crippen molar-refractivity contribution in [2.24, 2.45) is 0 Å². The van der Waals surface area contributed by atoms with Crippen LogP contribution in [0.5, 0.6) is 5.75 Å². The number of ether oxygens (including phenoxy) is 3. The second-order valence-corrected chi connectivity index (χ2v) is 8.98. The Kier molecular flexibility index (Phi) is 7.54. The molecule has 2 heterocycles. The summed E-state index contributed by atoms with van der Waals surface area (Å²) in [4.78, 5) is 38.7. The van der Waals surface area contributed by atoms with Gasteiger partial charge in [-0.2, -0.15) is 0 Å². The minimum Gasteiger partial charge on any atom is -0.484 e. The summed E-state index contributed by atoms with van der Waals surface area (Å²) in [5.74, 6) is -0.640. The van der Waals surface area contributed by atoms with E-state index in [9.17, 15) is 14.4 Å². The van der Waals surface area contributed by atoms with Crippen molar-refractivity contribution >= 4 is 17.8 Å². The highest BCUT2D eigenvalue weighted by Gasteiger charge is 2.35. The van der Waals surface area contributed by atoms with E-state index in [2.05, 4.69) is 26.1 Å². The first-order valence-corrected chi connectivity index (χ1v) is 10.8. The van der Waals surface area contributed by atoms with Crippen LogP contribution in [-0.4, -0.2) is 67.7 Å². The number of nitrogens with zero attached hydrogens (tertiary/aromatic N) is 1. The van der Waals surface area contributed by atoms with Crippen LogP contribution in [0, 0.1) is 0 Å². The SMILES string of the molecule is CC(C)(C)c1ccc(OCC(=O)N2CCNC(=O)[C@H]2CC(=O)OC[C@H]2CCCO2)cc1. The number of carbonyl (C=O) groups is 3. The Labute approximate surface area is 183 Å². The van der Waals surface area contributed by atoms with Crippen LogP contribution in [0.15, 0.2) is 24.3 Å². The molecule has 1 aromatic rings. The molecule has 2 aliphatic rings. The van der Waals surface area contributed by atoms with Crippen LogP contribution in [0.2, 0.25) is 0 Å². The summed E-state index contributed by atoms with van der Waals surface area (Å²) in [6.45, 7) is 7.68. The summed E-state index contributed by atoms with van der Waals surface area (Å²) in [5.41, 5.74) is 1.20. The summed E-state index contributed by atoms with van der Waals surface area (Å²) >= 11 is 0. The molecular weight excluding hydrogens is 400 g/mol. The van der Waals surface area contributed by atoms with Gasteiger partial charge >= 0.3 is 5.97 Å². The van der Waals surface area contributed by atoms with Crippen molar-refractivity contribution in [2.45, 2.75) is 57.6 Å². The predicted molar refractivity (Wildman–Crippen MR) is 114 cm³/mol. The van der Waals surface area contributed by atoms with Crippen LogP contribution >= 0.6 is 0 Å². The topological polar surface area (TPSA) is 94.2 Å². The Morgan fingerprint density at radius 1 is 1.23 bits per heavy atom. The molecule has 1 aromatic carbocycles. The van der Waals surface area contributed by atoms with Crippen molar-refractivity contribution in [1.82, 2.24) is 10.2 Å². The van der Waals surface area contributed by atoms with Gasteiger partial charge in [0, 0.05) is 19.7 Å². The van der Waals surface area contributed by atoms with Gasteiger partial charge < -0.3 is 24.4 Å². The number of rotatable bonds is 7. The zero-order chi connectivity index (χ0) is 22.4. The van der Waals surface area contributed by atoms with Crippen LogP contribution in [0.3, 0.4) is 0 Å². The largest absolute Gasteiger partial charge is 0.484 e. The third-order valence-corrected chi connectivity index (χ3v) is 5.55. The van der Waals surface area contributed by atoms with E-state index in [-0.39, 0.29) is 43.0 Å². The standard InChI is InChI=1S/C23H32N2O6/c1-23(2,3)16-6-8-17(9-7-16)30-15-20(26)25-11-10-24-22(28)19(25)13-21(27)31-14-18-5-4-12-29-18/h6-9,18-19H,4-5,10-15H2,1-3H3,(H,24,28)/t18-,19-/m1/s1. The smallest absolute Gasteiger partial charge is 0.308 e. The Morgan fingerprint density at radius 2 is 1.97 bits per heavy atom. The van der Waals surface area contributed by atoms with E-state index in [1.807, 2.05) is 24.3 Å². The Balaban J connectivity index is 1.53. The van der Waals surface area contributed by atoms with Gasteiger partial charge in [-0.05, 0) is 36.0 Å². The Bertz CT molecular complexity index is 780. The summed E-state index contributed by atoms with van der Waals surface area (Å²) < 4.78 is 16.3. The summed E-state index contributed by atoms with van der Waals surface area (Å²) in [5, 5.41) is 2.71. The van der Waals surface area contributed by atoms with E-state index in [0.717, 1.165) is 12.8 Å². The molecule has 2 aliphatic heterocycles. The molecule has 31 heavy (non-hydrogen) atoms. The van der Waals surface area contributed by atoms with Gasteiger partial charge in [-0.1, -0.05) is 32.9 Å². The van der Waals surface area contributed by atoms with E-state index in [1.165, 1.54) is 10.5 Å². The van der Waals surface area contributed by atoms with Crippen LogP contribution in [0.4, 0.5) is 0 Å². The van der Waals surface area contributed by atoms with Crippen LogP contribution in [-0.2, 0) is 29.3 Å². The summed E-state index contributed by atoms with van der Waals surface area (Å²) in [7, 11) is 0. The molecule has 3 rings (SSSR count). The highest BCUT2D eigenvalue weighted by atomic mass is 16.6. The number of hydrogen-bond donors (Lipinski definition) is 1. The molecular formula is C23H32N2O6. The minimum absolute atomic E-state index is 0.0290. The van der Waals surface area contributed by atoms with E-state index in [1.54, 1.807) is 0 Å². The molecule has 8 nitrogen and oxygen atoms in total. The number of esters is 1. The van der Waals surface area contributed by atoms with E-state index in [0.29, 0.717) is 25.4 Å². The second-order valence-electron chi connectivity index (χ2n) is 8.98. The molecule has 0 bridgehead atoms. The van der Waals surface area contributed by atoms with Gasteiger partial charge in [-0.25, -0.2) is 0 Å². The van der Waals surface area contributed by atoms with Crippen LogP contribution in [0.25, 0.3) is 0 Å². The molecule has 0 spiro atoms. The molecule has 0 saturated carbocycles. The van der Waals surface area contributed by atoms with E-state index < -0.39 is 12.0 Å². The zero-order valence-electron chi connectivity index (χ0n) is 18.5. The molecule has 0 aliphatic carbocycles. The number of carbonyl (C=O) groups excluding carboxylic acids is 3. The van der Waals surface area contributed by atoms with Gasteiger partial charge in [0.15, 0.2) is 6.61 Å². The van der Waals surface area contributed by atoms with E-state index in [4.69, 9.17) is 14.2 Å². The fraction of sp³-hybridized carbons (Fsp3) is 0.609. The second kappa shape index (κ2) is 10.1. The maximum Gasteiger partial charge on any atom is 0.308 e. The predicted octanol–water partition coefficient (Wildman–Crippen LogP) is 1.80. The lowest BCUT2D eigenvalue weighted by atomic mass is 9.87. The Hall–Kier alpha value is -2.61. The molecule has 0 radical (unpaired) electrons. The maximum absolute atomic E-state index is 12.8. The average molecular weight is 433 g/mol. The molecule has 0 unspecified atom stereocenters. The third-order valence-electron chi connectivity index (χ3n) is 5.55. The molecule has 1 N–H and O–H groups in total. The number of amides is 2. The van der Waals surface area contributed by atoms with Crippen molar-refractivity contribution in [3.8, 4) is 5.75 Å². The van der Waals surface area contributed by atoms with Crippen molar-refractivity contribution in [3.05, 3.63) is 29.8 Å². The van der Waals surface area contributed by atoms with Crippen molar-refractivity contribution in [3.63, 3.8) is 0 Å². The van der Waals surface area contributed by atoms with Crippen molar-refractivity contribution < 1.29 is 28.6 Å². The van der Waals surface area contributed by atoms with Gasteiger partial charge in [0.2, 0.25) is 5.91 Å². The van der Waals surface area contributed by atoms with E-state index >= 15 is 0 Å². The maximum atomic E-state index is 12.8. The monoisotopic (exact) mass is 432 g/mol. The quantitative estimate of drug-likeness (QED) is 0.661. The molecule has 8 heteroatoms. The molecule has 2 saturated heterocycles. The van der Waals surface area contributed by atoms with Gasteiger partial charge in [0.1, 0.15) is 18.4 Å². The number of piperazine rings is 1. The minimum atomic E-state index is -0.898. The van der Waals surface area contributed by atoms with Crippen LogP contribution in [0.1, 0.15) is 45.6 Å². The van der Waals surface area contributed by atoms with Crippen molar-refractivity contribution in [2.75, 3.05) is 32.9 Å². The van der Waals surface area contributed by atoms with Gasteiger partial charge in [-0.3, -0.25) is 14.4 Å². The van der Waals surface area contributed by atoms with Crippen LogP contribution < -0.4 is 10.1 Å². The first-order chi connectivity index (χ1) is 14.7. The molecule has 2 atom stereocenters.